The maximum absolute atomic E-state index is 12.7. The number of hydrogen-bond acceptors (Lipinski definition) is 2. The van der Waals surface area contributed by atoms with Crippen LogP contribution in [-0.4, -0.2) is 22.4 Å². The van der Waals surface area contributed by atoms with Gasteiger partial charge in [-0.05, 0) is 17.9 Å². The predicted octanol–water partition coefficient (Wildman–Crippen LogP) is 3.35. The predicted molar refractivity (Wildman–Crippen MR) is 75.4 cm³/mol. The van der Waals surface area contributed by atoms with Crippen LogP contribution in [0.1, 0.15) is 41.0 Å². The number of carbonyl (C=O) groups excluding carboxylic acids is 1. The monoisotopic (exact) mass is 311 g/mol. The molecule has 0 radical (unpaired) electrons. The summed E-state index contributed by atoms with van der Waals surface area (Å²) in [7, 11) is 0. The van der Waals surface area contributed by atoms with Gasteiger partial charge in [0.1, 0.15) is 0 Å². The van der Waals surface area contributed by atoms with E-state index >= 15 is 0 Å². The lowest BCUT2D eigenvalue weighted by Crippen LogP contribution is -2.28. The SMILES string of the molecule is CC(CCNC(=O)c1nc[nH]c1C(F)(F)F)c1ccccc1. The Balaban J connectivity index is 1.90. The summed E-state index contributed by atoms with van der Waals surface area (Å²) in [5.41, 5.74) is -0.631. The topological polar surface area (TPSA) is 57.8 Å². The first-order valence-electron chi connectivity index (χ1n) is 6.83. The second-order valence-electron chi connectivity index (χ2n) is 4.98. The lowest BCUT2D eigenvalue weighted by molar-refractivity contribution is -0.141. The number of rotatable bonds is 5. The van der Waals surface area contributed by atoms with Gasteiger partial charge in [-0.2, -0.15) is 13.2 Å². The molecule has 1 aromatic carbocycles. The smallest absolute Gasteiger partial charge is 0.351 e. The van der Waals surface area contributed by atoms with Crippen molar-refractivity contribution in [3.63, 3.8) is 0 Å². The molecule has 2 aromatic rings. The molecule has 4 nitrogen and oxygen atoms in total. The molecular formula is C15H16F3N3O. The van der Waals surface area contributed by atoms with Crippen LogP contribution >= 0.6 is 0 Å². The highest BCUT2D eigenvalue weighted by atomic mass is 19.4. The van der Waals surface area contributed by atoms with E-state index in [0.717, 1.165) is 11.9 Å². The number of H-pyrrole nitrogens is 1. The minimum atomic E-state index is -4.62. The first-order chi connectivity index (χ1) is 10.4. The molecule has 0 spiro atoms. The second-order valence-corrected chi connectivity index (χ2v) is 4.98. The third kappa shape index (κ3) is 3.87. The summed E-state index contributed by atoms with van der Waals surface area (Å²) < 4.78 is 38.0. The normalized spacial score (nSPS) is 12.9. The van der Waals surface area contributed by atoms with Crippen LogP contribution in [0.5, 0.6) is 0 Å². The van der Waals surface area contributed by atoms with Crippen LogP contribution in [0.25, 0.3) is 0 Å². The lowest BCUT2D eigenvalue weighted by Gasteiger charge is -2.12. The lowest BCUT2D eigenvalue weighted by atomic mass is 9.98. The molecule has 1 heterocycles. The molecule has 1 atom stereocenters. The second kappa shape index (κ2) is 6.64. The standard InChI is InChI=1S/C15H16F3N3O/c1-10(11-5-3-2-4-6-11)7-8-19-14(22)12-13(15(16,17)18)21-9-20-12/h2-6,9-10H,7-8H2,1H3,(H,19,22)(H,20,21). The average Bonchev–Trinajstić information content (AvgIpc) is 2.97. The van der Waals surface area contributed by atoms with Gasteiger partial charge in [0.05, 0.1) is 6.33 Å². The molecule has 0 aliphatic rings. The summed E-state index contributed by atoms with van der Waals surface area (Å²) in [4.78, 5) is 17.2. The molecule has 1 amide bonds. The van der Waals surface area contributed by atoms with Gasteiger partial charge in [0.2, 0.25) is 0 Å². The fourth-order valence-electron chi connectivity index (χ4n) is 2.12. The molecule has 22 heavy (non-hydrogen) atoms. The van der Waals surface area contributed by atoms with Crippen molar-refractivity contribution < 1.29 is 18.0 Å². The number of amides is 1. The van der Waals surface area contributed by atoms with Crippen LogP contribution in [0.4, 0.5) is 13.2 Å². The van der Waals surface area contributed by atoms with Crippen LogP contribution in [0.2, 0.25) is 0 Å². The van der Waals surface area contributed by atoms with E-state index in [0.29, 0.717) is 6.42 Å². The zero-order valence-corrected chi connectivity index (χ0v) is 11.9. The van der Waals surface area contributed by atoms with E-state index in [2.05, 4.69) is 10.3 Å². The van der Waals surface area contributed by atoms with Gasteiger partial charge in [-0.25, -0.2) is 4.98 Å². The molecular weight excluding hydrogens is 295 g/mol. The van der Waals surface area contributed by atoms with Crippen LogP contribution in [0, 0.1) is 0 Å². The molecule has 2 rings (SSSR count). The van der Waals surface area contributed by atoms with E-state index in [9.17, 15) is 18.0 Å². The molecule has 2 N–H and O–H groups in total. The van der Waals surface area contributed by atoms with E-state index in [1.807, 2.05) is 42.2 Å². The summed E-state index contributed by atoms with van der Waals surface area (Å²) in [5.74, 6) is -0.628. The first-order valence-corrected chi connectivity index (χ1v) is 6.83. The van der Waals surface area contributed by atoms with Gasteiger partial charge in [0.25, 0.3) is 5.91 Å². The quantitative estimate of drug-likeness (QED) is 0.889. The van der Waals surface area contributed by atoms with Gasteiger partial charge in [-0.15, -0.1) is 0 Å². The summed E-state index contributed by atoms with van der Waals surface area (Å²) in [6, 6.07) is 9.70. The molecule has 1 unspecified atom stereocenters. The van der Waals surface area contributed by atoms with E-state index in [1.165, 1.54) is 0 Å². The van der Waals surface area contributed by atoms with Crippen LogP contribution in [-0.2, 0) is 6.18 Å². The number of benzene rings is 1. The molecule has 0 bridgehead atoms. The van der Waals surface area contributed by atoms with E-state index in [-0.39, 0.29) is 12.5 Å². The fourth-order valence-corrected chi connectivity index (χ4v) is 2.12. The van der Waals surface area contributed by atoms with Crippen molar-refractivity contribution in [2.24, 2.45) is 0 Å². The van der Waals surface area contributed by atoms with Crippen molar-refractivity contribution in [3.05, 3.63) is 53.6 Å². The van der Waals surface area contributed by atoms with Gasteiger partial charge in [-0.1, -0.05) is 37.3 Å². The number of halogens is 3. The van der Waals surface area contributed by atoms with Crippen molar-refractivity contribution in [3.8, 4) is 0 Å². The molecule has 0 aliphatic heterocycles. The number of nitrogens with zero attached hydrogens (tertiary/aromatic N) is 1. The zero-order chi connectivity index (χ0) is 16.2. The Morgan fingerprint density at radius 3 is 2.64 bits per heavy atom. The van der Waals surface area contributed by atoms with Gasteiger partial charge < -0.3 is 10.3 Å². The third-order valence-electron chi connectivity index (χ3n) is 3.37. The maximum atomic E-state index is 12.7. The Bertz CT molecular complexity index is 622. The van der Waals surface area contributed by atoms with Gasteiger partial charge in [-0.3, -0.25) is 4.79 Å². The third-order valence-corrected chi connectivity index (χ3v) is 3.37. The fraction of sp³-hybridized carbons (Fsp3) is 0.333. The Morgan fingerprint density at radius 1 is 1.32 bits per heavy atom. The highest BCUT2D eigenvalue weighted by Gasteiger charge is 2.37. The molecule has 0 fully saturated rings. The van der Waals surface area contributed by atoms with Crippen molar-refractivity contribution in [2.45, 2.75) is 25.4 Å². The Labute approximate surface area is 125 Å². The highest BCUT2D eigenvalue weighted by molar-refractivity contribution is 5.93. The maximum Gasteiger partial charge on any atom is 0.433 e. The van der Waals surface area contributed by atoms with Crippen LogP contribution in [0.15, 0.2) is 36.7 Å². The van der Waals surface area contributed by atoms with E-state index in [4.69, 9.17) is 0 Å². The number of aromatic amines is 1. The van der Waals surface area contributed by atoms with Gasteiger partial charge in [0.15, 0.2) is 11.4 Å². The Morgan fingerprint density at radius 2 is 2.00 bits per heavy atom. The first kappa shape index (κ1) is 16.1. The summed E-state index contributed by atoms with van der Waals surface area (Å²) in [5, 5.41) is 2.48. The molecule has 0 aliphatic carbocycles. The summed E-state index contributed by atoms with van der Waals surface area (Å²) in [6.07, 6.45) is -3.13. The minimum Gasteiger partial charge on any atom is -0.351 e. The number of nitrogens with one attached hydrogen (secondary N) is 2. The molecule has 7 heteroatoms. The van der Waals surface area contributed by atoms with Gasteiger partial charge >= 0.3 is 6.18 Å². The number of alkyl halides is 3. The molecule has 1 aromatic heterocycles. The van der Waals surface area contributed by atoms with Crippen molar-refractivity contribution in [1.29, 1.82) is 0 Å². The summed E-state index contributed by atoms with van der Waals surface area (Å²) in [6.45, 7) is 2.27. The number of carbonyl (C=O) groups is 1. The zero-order valence-electron chi connectivity index (χ0n) is 11.9. The molecule has 0 saturated carbocycles. The van der Waals surface area contributed by atoms with Crippen molar-refractivity contribution in [1.82, 2.24) is 15.3 Å². The van der Waals surface area contributed by atoms with Gasteiger partial charge in [0, 0.05) is 6.54 Å². The molecule has 118 valence electrons. The number of aromatic nitrogens is 2. The van der Waals surface area contributed by atoms with Crippen LogP contribution < -0.4 is 5.32 Å². The van der Waals surface area contributed by atoms with Crippen molar-refractivity contribution in [2.75, 3.05) is 6.54 Å². The van der Waals surface area contributed by atoms with E-state index in [1.54, 1.807) is 0 Å². The Kier molecular flexibility index (Phi) is 4.85. The average molecular weight is 311 g/mol. The highest BCUT2D eigenvalue weighted by Crippen LogP contribution is 2.29. The van der Waals surface area contributed by atoms with Crippen molar-refractivity contribution >= 4 is 5.91 Å². The number of imidazole rings is 1. The minimum absolute atomic E-state index is 0.197. The largest absolute Gasteiger partial charge is 0.433 e. The van der Waals surface area contributed by atoms with Crippen LogP contribution in [0.3, 0.4) is 0 Å². The molecule has 0 saturated heterocycles. The summed E-state index contributed by atoms with van der Waals surface area (Å²) >= 11 is 0. The van der Waals surface area contributed by atoms with E-state index < -0.39 is 23.5 Å². The number of hydrogen-bond donors (Lipinski definition) is 2. The Hall–Kier alpha value is -2.31.